The molecule has 4 nitrogen and oxygen atoms in total. The molecule has 0 aliphatic heterocycles. The second-order valence-electron chi connectivity index (χ2n) is 4.66. The number of rotatable bonds is 5. The molecule has 21 heavy (non-hydrogen) atoms. The number of nitrogens with two attached hydrogens (primary N) is 1. The van der Waals surface area contributed by atoms with Crippen molar-refractivity contribution >= 4 is 11.6 Å². The summed E-state index contributed by atoms with van der Waals surface area (Å²) in [5, 5.41) is 2.77. The number of anilines is 1. The molecule has 0 saturated carbocycles. The van der Waals surface area contributed by atoms with Crippen molar-refractivity contribution < 1.29 is 13.9 Å². The van der Waals surface area contributed by atoms with E-state index in [2.05, 4.69) is 5.32 Å². The summed E-state index contributed by atoms with van der Waals surface area (Å²) in [6.07, 6.45) is 0.142. The van der Waals surface area contributed by atoms with E-state index in [1.54, 1.807) is 31.4 Å². The number of carbonyl (C=O) groups excluding carboxylic acids is 1. The van der Waals surface area contributed by atoms with Crippen LogP contribution in [-0.2, 0) is 17.8 Å². The minimum Gasteiger partial charge on any atom is -0.495 e. The first kappa shape index (κ1) is 14.8. The van der Waals surface area contributed by atoms with Gasteiger partial charge in [0.15, 0.2) is 0 Å². The lowest BCUT2D eigenvalue weighted by molar-refractivity contribution is -0.120. The predicted octanol–water partition coefficient (Wildman–Crippen LogP) is 2.28. The number of hydrogen-bond acceptors (Lipinski definition) is 3. The van der Waals surface area contributed by atoms with Crippen LogP contribution in [-0.4, -0.2) is 13.0 Å². The van der Waals surface area contributed by atoms with Gasteiger partial charge in [-0.2, -0.15) is 0 Å². The van der Waals surface area contributed by atoms with Gasteiger partial charge in [-0.25, -0.2) is 4.39 Å². The van der Waals surface area contributed by atoms with E-state index < -0.39 is 0 Å². The smallest absolute Gasteiger partial charge is 0.224 e. The molecule has 0 saturated heterocycles. The number of amides is 1. The van der Waals surface area contributed by atoms with Gasteiger partial charge in [0, 0.05) is 6.54 Å². The van der Waals surface area contributed by atoms with Gasteiger partial charge in [0.05, 0.1) is 19.2 Å². The molecule has 2 rings (SSSR count). The molecule has 0 unspecified atom stereocenters. The van der Waals surface area contributed by atoms with Crippen LogP contribution in [0.25, 0.3) is 0 Å². The maximum absolute atomic E-state index is 13.0. The normalized spacial score (nSPS) is 10.2. The average molecular weight is 288 g/mol. The number of halogens is 1. The lowest BCUT2D eigenvalue weighted by Crippen LogP contribution is -2.24. The molecule has 0 bridgehead atoms. The zero-order chi connectivity index (χ0) is 15.2. The molecule has 5 heteroatoms. The number of ether oxygens (including phenoxy) is 1. The molecular formula is C16H17FN2O2. The minimum atomic E-state index is -0.344. The first-order valence-corrected chi connectivity index (χ1v) is 6.52. The van der Waals surface area contributed by atoms with E-state index >= 15 is 0 Å². The summed E-state index contributed by atoms with van der Waals surface area (Å²) in [4.78, 5) is 11.8. The van der Waals surface area contributed by atoms with Crippen molar-refractivity contribution in [2.24, 2.45) is 0 Å². The molecule has 0 aliphatic rings. The Morgan fingerprint density at radius 2 is 2.05 bits per heavy atom. The Bertz CT molecular complexity index is 644. The Hall–Kier alpha value is -2.56. The Morgan fingerprint density at radius 1 is 1.24 bits per heavy atom. The number of nitrogen functional groups attached to an aromatic ring is 1. The standard InChI is InChI=1S/C16H17FN2O2/c1-21-15-6-5-12(8-14(15)18)10-19-16(20)9-11-3-2-4-13(17)7-11/h2-8H,9-10,18H2,1H3,(H,19,20). The summed E-state index contributed by atoms with van der Waals surface area (Å²) in [5.41, 5.74) is 7.84. The first-order chi connectivity index (χ1) is 10.1. The van der Waals surface area contributed by atoms with Crippen molar-refractivity contribution in [1.82, 2.24) is 5.32 Å². The quantitative estimate of drug-likeness (QED) is 0.830. The molecule has 0 fully saturated rings. The molecule has 0 atom stereocenters. The van der Waals surface area contributed by atoms with Gasteiger partial charge in [0.2, 0.25) is 5.91 Å². The Morgan fingerprint density at radius 3 is 2.71 bits per heavy atom. The van der Waals surface area contributed by atoms with Gasteiger partial charge in [-0.1, -0.05) is 18.2 Å². The van der Waals surface area contributed by atoms with Gasteiger partial charge in [-0.05, 0) is 35.4 Å². The van der Waals surface area contributed by atoms with Crippen LogP contribution in [0.3, 0.4) is 0 Å². The van der Waals surface area contributed by atoms with Crippen LogP contribution in [0.2, 0.25) is 0 Å². The molecule has 0 spiro atoms. The van der Waals surface area contributed by atoms with Crippen LogP contribution >= 0.6 is 0 Å². The van der Waals surface area contributed by atoms with E-state index in [0.29, 0.717) is 23.5 Å². The third-order valence-corrected chi connectivity index (χ3v) is 3.04. The van der Waals surface area contributed by atoms with Crippen molar-refractivity contribution in [3.63, 3.8) is 0 Å². The van der Waals surface area contributed by atoms with Gasteiger partial charge >= 0.3 is 0 Å². The predicted molar refractivity (Wildman–Crippen MR) is 79.4 cm³/mol. The van der Waals surface area contributed by atoms with E-state index in [-0.39, 0.29) is 18.1 Å². The number of benzene rings is 2. The molecular weight excluding hydrogens is 271 g/mol. The van der Waals surface area contributed by atoms with Crippen LogP contribution in [0.15, 0.2) is 42.5 Å². The number of nitrogens with one attached hydrogen (secondary N) is 1. The maximum atomic E-state index is 13.0. The van der Waals surface area contributed by atoms with Gasteiger partial charge < -0.3 is 15.8 Å². The Labute approximate surface area is 122 Å². The van der Waals surface area contributed by atoms with Crippen molar-refractivity contribution in [2.75, 3.05) is 12.8 Å². The second-order valence-corrected chi connectivity index (χ2v) is 4.66. The van der Waals surface area contributed by atoms with Crippen LogP contribution in [0.1, 0.15) is 11.1 Å². The van der Waals surface area contributed by atoms with E-state index in [1.165, 1.54) is 12.1 Å². The van der Waals surface area contributed by atoms with Crippen LogP contribution in [0.5, 0.6) is 5.75 Å². The first-order valence-electron chi connectivity index (χ1n) is 6.52. The molecule has 2 aromatic carbocycles. The molecule has 3 N–H and O–H groups in total. The number of methoxy groups -OCH3 is 1. The fourth-order valence-electron chi connectivity index (χ4n) is 1.99. The summed E-state index contributed by atoms with van der Waals surface area (Å²) in [7, 11) is 1.55. The van der Waals surface area contributed by atoms with E-state index in [1.807, 2.05) is 6.07 Å². The zero-order valence-corrected chi connectivity index (χ0v) is 11.7. The van der Waals surface area contributed by atoms with Crippen molar-refractivity contribution in [1.29, 1.82) is 0 Å². The molecule has 110 valence electrons. The molecule has 0 radical (unpaired) electrons. The van der Waals surface area contributed by atoms with Gasteiger partial charge in [-0.3, -0.25) is 4.79 Å². The van der Waals surface area contributed by atoms with Crippen LogP contribution < -0.4 is 15.8 Å². The number of hydrogen-bond donors (Lipinski definition) is 2. The van der Waals surface area contributed by atoms with Crippen molar-refractivity contribution in [3.8, 4) is 5.75 Å². The van der Waals surface area contributed by atoms with E-state index in [4.69, 9.17) is 10.5 Å². The average Bonchev–Trinajstić information content (AvgIpc) is 2.45. The SMILES string of the molecule is COc1ccc(CNC(=O)Cc2cccc(F)c2)cc1N. The molecule has 0 aromatic heterocycles. The van der Waals surface area contributed by atoms with Gasteiger partial charge in [-0.15, -0.1) is 0 Å². The van der Waals surface area contributed by atoms with E-state index in [9.17, 15) is 9.18 Å². The van der Waals surface area contributed by atoms with Crippen LogP contribution in [0, 0.1) is 5.82 Å². The summed E-state index contributed by atoms with van der Waals surface area (Å²) in [5.74, 6) is 0.0862. The number of carbonyl (C=O) groups is 1. The lowest BCUT2D eigenvalue weighted by atomic mass is 10.1. The van der Waals surface area contributed by atoms with Crippen LogP contribution in [0.4, 0.5) is 10.1 Å². The van der Waals surface area contributed by atoms with Crippen molar-refractivity contribution in [2.45, 2.75) is 13.0 Å². The summed E-state index contributed by atoms with van der Waals surface area (Å²) < 4.78 is 18.1. The minimum absolute atomic E-state index is 0.142. The fourth-order valence-corrected chi connectivity index (χ4v) is 1.99. The highest BCUT2D eigenvalue weighted by Gasteiger charge is 2.05. The molecule has 0 heterocycles. The zero-order valence-electron chi connectivity index (χ0n) is 11.7. The largest absolute Gasteiger partial charge is 0.495 e. The third kappa shape index (κ3) is 4.21. The summed E-state index contributed by atoms with van der Waals surface area (Å²) in [6, 6.07) is 11.3. The third-order valence-electron chi connectivity index (χ3n) is 3.04. The maximum Gasteiger partial charge on any atom is 0.224 e. The van der Waals surface area contributed by atoms with Crippen molar-refractivity contribution in [3.05, 3.63) is 59.4 Å². The topological polar surface area (TPSA) is 64.3 Å². The summed E-state index contributed by atoms with van der Waals surface area (Å²) >= 11 is 0. The fraction of sp³-hybridized carbons (Fsp3) is 0.188. The highest BCUT2D eigenvalue weighted by molar-refractivity contribution is 5.78. The summed E-state index contributed by atoms with van der Waals surface area (Å²) in [6.45, 7) is 0.363. The molecule has 2 aromatic rings. The molecule has 1 amide bonds. The second kappa shape index (κ2) is 6.74. The Balaban J connectivity index is 1.90. The highest BCUT2D eigenvalue weighted by atomic mass is 19.1. The molecule has 0 aliphatic carbocycles. The van der Waals surface area contributed by atoms with E-state index in [0.717, 1.165) is 5.56 Å². The van der Waals surface area contributed by atoms with Gasteiger partial charge in [0.1, 0.15) is 11.6 Å². The van der Waals surface area contributed by atoms with Gasteiger partial charge in [0.25, 0.3) is 0 Å². The highest BCUT2D eigenvalue weighted by Crippen LogP contribution is 2.21. The monoisotopic (exact) mass is 288 g/mol. The Kier molecular flexibility index (Phi) is 4.77. The lowest BCUT2D eigenvalue weighted by Gasteiger charge is -2.09.